The number of nitrogens with zero attached hydrogens (tertiary/aromatic N) is 2. The lowest BCUT2D eigenvalue weighted by atomic mass is 9.68. The van der Waals surface area contributed by atoms with Crippen LogP contribution in [0.1, 0.15) is 12.8 Å². The van der Waals surface area contributed by atoms with Gasteiger partial charge < -0.3 is 20.4 Å². The molecule has 1 saturated carbocycles. The second-order valence-corrected chi connectivity index (χ2v) is 5.08. The molecule has 1 aromatic heterocycles. The molecule has 6 nitrogen and oxygen atoms in total. The Morgan fingerprint density at radius 3 is 3.28 bits per heavy atom. The third kappa shape index (κ3) is 1.72. The SMILES string of the molecule is Cn1ccnc(NC2C(N)C3CCCOC32)c1=O. The van der Waals surface area contributed by atoms with Gasteiger partial charge in [0, 0.05) is 38.0 Å². The zero-order valence-corrected chi connectivity index (χ0v) is 10.4. The van der Waals surface area contributed by atoms with Gasteiger partial charge in [0.1, 0.15) is 0 Å². The van der Waals surface area contributed by atoms with Crippen LogP contribution in [-0.2, 0) is 11.8 Å². The lowest BCUT2D eigenvalue weighted by molar-refractivity contribution is -0.104. The molecule has 18 heavy (non-hydrogen) atoms. The Kier molecular flexibility index (Phi) is 2.83. The third-order valence-corrected chi connectivity index (χ3v) is 4.00. The first-order chi connectivity index (χ1) is 8.68. The van der Waals surface area contributed by atoms with Gasteiger partial charge in [0.05, 0.1) is 12.1 Å². The summed E-state index contributed by atoms with van der Waals surface area (Å²) in [6.07, 6.45) is 5.55. The number of nitrogens with one attached hydrogen (secondary N) is 1. The standard InChI is InChI=1S/C12H18N4O2/c1-16-5-4-14-11(12(16)17)15-9-8(13)7-3-2-6-18-10(7)9/h4-5,7-10H,2-3,6,13H2,1H3,(H,14,15). The van der Waals surface area contributed by atoms with Crippen molar-refractivity contribution in [3.05, 3.63) is 22.7 Å². The van der Waals surface area contributed by atoms with Gasteiger partial charge in [-0.05, 0) is 12.8 Å². The van der Waals surface area contributed by atoms with Gasteiger partial charge in [-0.25, -0.2) is 4.98 Å². The van der Waals surface area contributed by atoms with Gasteiger partial charge in [0.25, 0.3) is 5.56 Å². The zero-order chi connectivity index (χ0) is 12.7. The highest BCUT2D eigenvalue weighted by atomic mass is 16.5. The van der Waals surface area contributed by atoms with Crippen LogP contribution in [0.15, 0.2) is 17.2 Å². The molecule has 2 aliphatic rings. The second kappa shape index (κ2) is 4.37. The van der Waals surface area contributed by atoms with Crippen LogP contribution in [0.3, 0.4) is 0 Å². The fourth-order valence-corrected chi connectivity index (χ4v) is 2.88. The molecule has 1 aliphatic heterocycles. The first-order valence-corrected chi connectivity index (χ1v) is 6.34. The summed E-state index contributed by atoms with van der Waals surface area (Å²) in [6, 6.07) is 0.0416. The summed E-state index contributed by atoms with van der Waals surface area (Å²) in [4.78, 5) is 15.9. The van der Waals surface area contributed by atoms with Gasteiger partial charge in [-0.1, -0.05) is 0 Å². The first-order valence-electron chi connectivity index (χ1n) is 6.34. The van der Waals surface area contributed by atoms with Crippen LogP contribution in [0.25, 0.3) is 0 Å². The Morgan fingerprint density at radius 2 is 2.44 bits per heavy atom. The average molecular weight is 250 g/mol. The highest BCUT2D eigenvalue weighted by molar-refractivity contribution is 5.36. The van der Waals surface area contributed by atoms with Crippen molar-refractivity contribution in [2.45, 2.75) is 31.0 Å². The fourth-order valence-electron chi connectivity index (χ4n) is 2.88. The van der Waals surface area contributed by atoms with Gasteiger partial charge in [-0.3, -0.25) is 4.79 Å². The summed E-state index contributed by atoms with van der Waals surface area (Å²) in [5.41, 5.74) is 6.00. The van der Waals surface area contributed by atoms with E-state index in [-0.39, 0.29) is 23.7 Å². The predicted molar refractivity (Wildman–Crippen MR) is 67.3 cm³/mol. The summed E-state index contributed by atoms with van der Waals surface area (Å²) in [7, 11) is 1.70. The first kappa shape index (κ1) is 11.7. The summed E-state index contributed by atoms with van der Waals surface area (Å²) in [5, 5.41) is 3.14. The van der Waals surface area contributed by atoms with Gasteiger partial charge in [-0.2, -0.15) is 0 Å². The van der Waals surface area contributed by atoms with E-state index in [0.29, 0.717) is 11.7 Å². The van der Waals surface area contributed by atoms with Crippen LogP contribution < -0.4 is 16.6 Å². The molecule has 1 aromatic rings. The minimum absolute atomic E-state index is 0.00194. The molecule has 2 fully saturated rings. The largest absolute Gasteiger partial charge is 0.376 e. The maximum absolute atomic E-state index is 11.9. The van der Waals surface area contributed by atoms with Crippen molar-refractivity contribution in [1.29, 1.82) is 0 Å². The Morgan fingerprint density at radius 1 is 1.61 bits per heavy atom. The number of fused-ring (bicyclic) bond motifs is 1. The quantitative estimate of drug-likeness (QED) is 0.753. The smallest absolute Gasteiger partial charge is 0.293 e. The number of rotatable bonds is 2. The molecule has 2 heterocycles. The highest BCUT2D eigenvalue weighted by Crippen LogP contribution is 2.38. The van der Waals surface area contributed by atoms with E-state index in [2.05, 4.69) is 10.3 Å². The number of anilines is 1. The van der Waals surface area contributed by atoms with E-state index < -0.39 is 0 Å². The molecule has 1 saturated heterocycles. The van der Waals surface area contributed by atoms with Crippen LogP contribution in [0.4, 0.5) is 5.82 Å². The van der Waals surface area contributed by atoms with Crippen LogP contribution >= 0.6 is 0 Å². The number of aryl methyl sites for hydroxylation is 1. The molecular formula is C12H18N4O2. The van der Waals surface area contributed by atoms with E-state index in [0.717, 1.165) is 19.4 Å². The summed E-state index contributed by atoms with van der Waals surface area (Å²) in [6.45, 7) is 0.784. The number of hydrogen-bond acceptors (Lipinski definition) is 5. The third-order valence-electron chi connectivity index (χ3n) is 4.00. The molecule has 98 valence electrons. The van der Waals surface area contributed by atoms with Gasteiger partial charge in [-0.15, -0.1) is 0 Å². The van der Waals surface area contributed by atoms with Gasteiger partial charge in [0.2, 0.25) is 0 Å². The van der Waals surface area contributed by atoms with E-state index in [4.69, 9.17) is 10.5 Å². The molecule has 1 aliphatic carbocycles. The summed E-state index contributed by atoms with van der Waals surface area (Å²) >= 11 is 0. The second-order valence-electron chi connectivity index (χ2n) is 5.08. The van der Waals surface area contributed by atoms with E-state index in [1.54, 1.807) is 19.4 Å². The highest BCUT2D eigenvalue weighted by Gasteiger charge is 2.50. The monoisotopic (exact) mass is 250 g/mol. The molecule has 3 rings (SSSR count). The fraction of sp³-hybridized carbons (Fsp3) is 0.667. The van der Waals surface area contributed by atoms with Crippen LogP contribution in [0.2, 0.25) is 0 Å². The zero-order valence-electron chi connectivity index (χ0n) is 10.4. The number of nitrogens with two attached hydrogens (primary N) is 1. The molecule has 0 spiro atoms. The summed E-state index contributed by atoms with van der Waals surface area (Å²) in [5.74, 6) is 0.775. The molecule has 0 amide bonds. The van der Waals surface area contributed by atoms with Crippen molar-refractivity contribution in [1.82, 2.24) is 9.55 Å². The molecular weight excluding hydrogens is 232 g/mol. The Balaban J connectivity index is 1.77. The number of hydrogen-bond donors (Lipinski definition) is 2. The van der Waals surface area contributed by atoms with Crippen molar-refractivity contribution in [2.75, 3.05) is 11.9 Å². The molecule has 0 aromatic carbocycles. The maximum Gasteiger partial charge on any atom is 0.293 e. The number of ether oxygens (including phenoxy) is 1. The van der Waals surface area contributed by atoms with Gasteiger partial charge >= 0.3 is 0 Å². The molecule has 0 bridgehead atoms. The molecule has 0 radical (unpaired) electrons. The predicted octanol–water partition coefficient (Wildman–Crippen LogP) is -0.303. The van der Waals surface area contributed by atoms with E-state index in [9.17, 15) is 4.79 Å². The Labute approximate surface area is 105 Å². The van der Waals surface area contributed by atoms with Crippen molar-refractivity contribution in [3.8, 4) is 0 Å². The minimum atomic E-state index is -0.135. The average Bonchev–Trinajstić information content (AvgIpc) is 2.40. The summed E-state index contributed by atoms with van der Waals surface area (Å²) < 4.78 is 7.22. The minimum Gasteiger partial charge on any atom is -0.376 e. The van der Waals surface area contributed by atoms with Crippen LogP contribution in [-0.4, -0.2) is 34.3 Å². The van der Waals surface area contributed by atoms with Crippen molar-refractivity contribution in [3.63, 3.8) is 0 Å². The topological polar surface area (TPSA) is 82.2 Å². The molecule has 4 unspecified atom stereocenters. The van der Waals surface area contributed by atoms with E-state index in [1.807, 2.05) is 0 Å². The van der Waals surface area contributed by atoms with Crippen LogP contribution in [0.5, 0.6) is 0 Å². The normalized spacial score (nSPS) is 34.6. The van der Waals surface area contributed by atoms with E-state index in [1.165, 1.54) is 4.57 Å². The van der Waals surface area contributed by atoms with E-state index >= 15 is 0 Å². The Hall–Kier alpha value is -1.40. The number of aromatic nitrogens is 2. The Bertz CT molecular complexity index is 501. The maximum atomic E-state index is 11.9. The lowest BCUT2D eigenvalue weighted by Crippen LogP contribution is -2.69. The molecule has 4 atom stereocenters. The van der Waals surface area contributed by atoms with Gasteiger partial charge in [0.15, 0.2) is 5.82 Å². The van der Waals surface area contributed by atoms with Crippen molar-refractivity contribution >= 4 is 5.82 Å². The molecule has 6 heteroatoms. The van der Waals surface area contributed by atoms with Crippen LogP contribution in [0, 0.1) is 5.92 Å². The molecule has 3 N–H and O–H groups in total. The van der Waals surface area contributed by atoms with Crippen molar-refractivity contribution < 1.29 is 4.74 Å². The van der Waals surface area contributed by atoms with Crippen molar-refractivity contribution in [2.24, 2.45) is 18.7 Å². The lowest BCUT2D eigenvalue weighted by Gasteiger charge is -2.52.